The van der Waals surface area contributed by atoms with Crippen LogP contribution in [0.2, 0.25) is 0 Å². The lowest BCUT2D eigenvalue weighted by Gasteiger charge is -2.22. The van der Waals surface area contributed by atoms with Gasteiger partial charge in [-0.15, -0.1) is 0 Å². The van der Waals surface area contributed by atoms with Gasteiger partial charge in [-0.05, 0) is 30.4 Å². The van der Waals surface area contributed by atoms with Gasteiger partial charge in [0.2, 0.25) is 11.8 Å². The first-order chi connectivity index (χ1) is 10.7. The fourth-order valence-corrected chi connectivity index (χ4v) is 4.33. The van der Waals surface area contributed by atoms with Gasteiger partial charge >= 0.3 is 0 Å². The van der Waals surface area contributed by atoms with E-state index in [9.17, 15) is 9.59 Å². The van der Waals surface area contributed by atoms with Crippen LogP contribution in [0.4, 0.5) is 5.69 Å². The van der Waals surface area contributed by atoms with Crippen molar-refractivity contribution in [1.82, 2.24) is 0 Å². The smallest absolute Gasteiger partial charge is 0.238 e. The molecule has 2 heterocycles. The number of hydrogen-bond acceptors (Lipinski definition) is 4. The monoisotopic (exact) mass is 297 g/mol. The molecular weight excluding hydrogens is 282 g/mol. The summed E-state index contributed by atoms with van der Waals surface area (Å²) in [6.07, 6.45) is 5.15. The Kier molecular flexibility index (Phi) is 2.30. The average molecular weight is 297 g/mol. The quantitative estimate of drug-likeness (QED) is 0.585. The maximum absolute atomic E-state index is 12.8. The molecule has 1 saturated heterocycles. The molecule has 2 fully saturated rings. The molecule has 5 heteroatoms. The molecule has 0 unspecified atom stereocenters. The minimum absolute atomic E-state index is 0.0662. The predicted molar refractivity (Wildman–Crippen MR) is 77.6 cm³/mol. The van der Waals surface area contributed by atoms with Gasteiger partial charge in [-0.3, -0.25) is 9.59 Å². The van der Waals surface area contributed by atoms with E-state index in [1.54, 1.807) is 18.2 Å². The number of fused-ring (bicyclic) bond motifs is 6. The van der Waals surface area contributed by atoms with Crippen molar-refractivity contribution in [1.29, 1.82) is 0 Å². The van der Waals surface area contributed by atoms with Crippen molar-refractivity contribution in [2.45, 2.75) is 6.42 Å². The minimum atomic E-state index is -0.171. The lowest BCUT2D eigenvalue weighted by atomic mass is 9.85. The molecule has 5 rings (SSSR count). The van der Waals surface area contributed by atoms with Crippen LogP contribution < -0.4 is 14.4 Å². The molecular formula is C17H15NO4. The van der Waals surface area contributed by atoms with Crippen LogP contribution in [-0.2, 0) is 9.59 Å². The second-order valence-corrected chi connectivity index (χ2v) is 6.34. The Morgan fingerprint density at radius 1 is 0.909 bits per heavy atom. The van der Waals surface area contributed by atoms with Gasteiger partial charge in [-0.2, -0.15) is 0 Å². The zero-order chi connectivity index (χ0) is 14.8. The van der Waals surface area contributed by atoms with Crippen LogP contribution in [-0.4, -0.2) is 25.0 Å². The van der Waals surface area contributed by atoms with Crippen molar-refractivity contribution < 1.29 is 19.1 Å². The molecule has 0 radical (unpaired) electrons. The van der Waals surface area contributed by atoms with Gasteiger partial charge in [0.1, 0.15) is 13.2 Å². The third-order valence-corrected chi connectivity index (χ3v) is 5.25. The van der Waals surface area contributed by atoms with Crippen molar-refractivity contribution >= 4 is 17.5 Å². The molecule has 22 heavy (non-hydrogen) atoms. The molecule has 1 aromatic rings. The molecule has 1 aromatic carbocycles. The Hall–Kier alpha value is -2.30. The zero-order valence-electron chi connectivity index (χ0n) is 11.9. The summed E-state index contributed by atoms with van der Waals surface area (Å²) in [7, 11) is 0. The maximum atomic E-state index is 12.8. The summed E-state index contributed by atoms with van der Waals surface area (Å²) < 4.78 is 11.0. The van der Waals surface area contributed by atoms with E-state index in [1.165, 1.54) is 4.90 Å². The third-order valence-electron chi connectivity index (χ3n) is 5.25. The Morgan fingerprint density at radius 3 is 2.23 bits per heavy atom. The van der Waals surface area contributed by atoms with E-state index in [0.29, 0.717) is 30.4 Å². The zero-order valence-corrected chi connectivity index (χ0v) is 11.9. The SMILES string of the molecule is O=C1[C@@H]2[C@@H](C(=O)N1c1ccc3c(c1)OCCO3)[C@@H]1C=C[C@@H]2C1. The number of carbonyl (C=O) groups excluding carboxylic acids is 2. The molecule has 2 aliphatic carbocycles. The van der Waals surface area contributed by atoms with Crippen molar-refractivity contribution in [2.24, 2.45) is 23.7 Å². The number of hydrogen-bond donors (Lipinski definition) is 0. The molecule has 2 amide bonds. The summed E-state index contributed by atoms with van der Waals surface area (Å²) in [5.41, 5.74) is 0.591. The standard InChI is InChI=1S/C17H15NO4/c19-16-14-9-1-2-10(7-9)15(14)17(20)18(16)11-3-4-12-13(8-11)22-6-5-21-12/h1-4,8-10,14-15H,5-7H2/t9-,10-,14+,15+/m1/s1. The summed E-state index contributed by atoms with van der Waals surface area (Å²) in [5.74, 6) is 1.25. The van der Waals surface area contributed by atoms with Gasteiger partial charge in [0.05, 0.1) is 17.5 Å². The van der Waals surface area contributed by atoms with E-state index in [2.05, 4.69) is 12.2 Å². The second-order valence-electron chi connectivity index (χ2n) is 6.34. The number of imide groups is 1. The number of ether oxygens (including phenoxy) is 2. The Balaban J connectivity index is 1.54. The first-order valence-corrected chi connectivity index (χ1v) is 7.70. The van der Waals surface area contributed by atoms with E-state index in [4.69, 9.17) is 9.47 Å². The summed E-state index contributed by atoms with van der Waals surface area (Å²) in [6, 6.07) is 5.27. The highest BCUT2D eigenvalue weighted by atomic mass is 16.6. The molecule has 1 saturated carbocycles. The van der Waals surface area contributed by atoms with Gasteiger partial charge < -0.3 is 9.47 Å². The van der Waals surface area contributed by atoms with Crippen LogP contribution >= 0.6 is 0 Å². The summed E-state index contributed by atoms with van der Waals surface area (Å²) >= 11 is 0. The van der Waals surface area contributed by atoms with Crippen molar-refractivity contribution in [3.05, 3.63) is 30.4 Å². The average Bonchev–Trinajstić information content (AvgIpc) is 3.21. The number of rotatable bonds is 1. The van der Waals surface area contributed by atoms with Crippen molar-refractivity contribution in [2.75, 3.05) is 18.1 Å². The molecule has 2 aliphatic heterocycles. The summed E-state index contributed by atoms with van der Waals surface area (Å²) in [4.78, 5) is 26.9. The second kappa shape index (κ2) is 4.12. The molecule has 4 atom stereocenters. The number of allylic oxidation sites excluding steroid dienone is 2. The van der Waals surface area contributed by atoms with Crippen LogP contribution in [0.15, 0.2) is 30.4 Å². The maximum Gasteiger partial charge on any atom is 0.238 e. The van der Waals surface area contributed by atoms with Gasteiger partial charge in [-0.25, -0.2) is 4.90 Å². The van der Waals surface area contributed by atoms with Crippen LogP contribution in [0, 0.1) is 23.7 Å². The largest absolute Gasteiger partial charge is 0.486 e. The number of anilines is 1. The molecule has 5 nitrogen and oxygen atoms in total. The molecule has 0 N–H and O–H groups in total. The molecule has 0 aromatic heterocycles. The highest BCUT2D eigenvalue weighted by molar-refractivity contribution is 6.22. The van der Waals surface area contributed by atoms with Crippen molar-refractivity contribution in [3.63, 3.8) is 0 Å². The van der Waals surface area contributed by atoms with Crippen molar-refractivity contribution in [3.8, 4) is 11.5 Å². The van der Waals surface area contributed by atoms with E-state index in [0.717, 1.165) is 6.42 Å². The number of amides is 2. The van der Waals surface area contributed by atoms with Gasteiger partial charge in [0, 0.05) is 6.07 Å². The Labute approximate surface area is 127 Å². The number of nitrogens with zero attached hydrogens (tertiary/aromatic N) is 1. The van der Waals surface area contributed by atoms with Crippen LogP contribution in [0.1, 0.15) is 6.42 Å². The Morgan fingerprint density at radius 2 is 1.55 bits per heavy atom. The highest BCUT2D eigenvalue weighted by Crippen LogP contribution is 2.53. The molecule has 4 aliphatic rings. The van der Waals surface area contributed by atoms with Crippen LogP contribution in [0.25, 0.3) is 0 Å². The minimum Gasteiger partial charge on any atom is -0.486 e. The van der Waals surface area contributed by atoms with Crippen LogP contribution in [0.5, 0.6) is 11.5 Å². The van der Waals surface area contributed by atoms with E-state index in [-0.39, 0.29) is 35.5 Å². The molecule has 2 bridgehead atoms. The van der Waals surface area contributed by atoms with Gasteiger partial charge in [0.15, 0.2) is 11.5 Å². The fraction of sp³-hybridized carbons (Fsp3) is 0.412. The molecule has 0 spiro atoms. The summed E-state index contributed by atoms with van der Waals surface area (Å²) in [6.45, 7) is 1.00. The third kappa shape index (κ3) is 1.43. The first kappa shape index (κ1) is 12.3. The normalized spacial score (nSPS) is 34.5. The van der Waals surface area contributed by atoms with E-state index >= 15 is 0 Å². The van der Waals surface area contributed by atoms with E-state index in [1.807, 2.05) is 0 Å². The van der Waals surface area contributed by atoms with Gasteiger partial charge in [-0.1, -0.05) is 12.2 Å². The van der Waals surface area contributed by atoms with E-state index < -0.39 is 0 Å². The highest BCUT2D eigenvalue weighted by Gasteiger charge is 2.59. The fourth-order valence-electron chi connectivity index (χ4n) is 4.33. The number of benzene rings is 1. The summed E-state index contributed by atoms with van der Waals surface area (Å²) in [5, 5.41) is 0. The Bertz CT molecular complexity index is 695. The first-order valence-electron chi connectivity index (χ1n) is 7.70. The predicted octanol–water partition coefficient (Wildman–Crippen LogP) is 1.77. The topological polar surface area (TPSA) is 55.8 Å². The van der Waals surface area contributed by atoms with Gasteiger partial charge in [0.25, 0.3) is 0 Å². The van der Waals surface area contributed by atoms with Crippen LogP contribution in [0.3, 0.4) is 0 Å². The number of carbonyl (C=O) groups is 2. The molecule has 112 valence electrons. The lowest BCUT2D eigenvalue weighted by Crippen LogP contribution is -2.33. The lowest BCUT2D eigenvalue weighted by molar-refractivity contribution is -0.123.